The van der Waals surface area contributed by atoms with Crippen LogP contribution in [0.15, 0.2) is 42.5 Å². The smallest absolute Gasteiger partial charge is 0.296 e. The van der Waals surface area contributed by atoms with Crippen molar-refractivity contribution in [1.29, 1.82) is 0 Å². The summed E-state index contributed by atoms with van der Waals surface area (Å²) in [7, 11) is 1.47. The Morgan fingerprint density at radius 1 is 1.15 bits per heavy atom. The van der Waals surface area contributed by atoms with Crippen molar-refractivity contribution in [2.24, 2.45) is 0 Å². The molecule has 0 spiro atoms. The number of nitro benzene ring substituents is 1. The second kappa shape index (κ2) is 11.5. The van der Waals surface area contributed by atoms with Crippen LogP contribution in [-0.4, -0.2) is 60.7 Å². The summed E-state index contributed by atoms with van der Waals surface area (Å²) in [6.07, 6.45) is 1.99. The van der Waals surface area contributed by atoms with Gasteiger partial charge in [-0.05, 0) is 49.0 Å². The number of methoxy groups -OCH3 is 1. The third-order valence-electron chi connectivity index (χ3n) is 5.37. The number of thiocarbonyl (C=S) groups is 1. The number of hydrogen-bond donors (Lipinski definition) is 1. The number of piperazine rings is 1. The molecule has 1 saturated heterocycles. The standard InChI is InChI=1S/C23H28N4O5S/c1-3-4-14-32-19-7-5-6-17(15-19)22(28)24-23(33)26-12-10-25(11-13-26)20-9-8-18(31-2)16-21(20)27(29)30/h5-9,15-16H,3-4,10-14H2,1-2H3,(H,24,28,33). The summed E-state index contributed by atoms with van der Waals surface area (Å²) in [5.74, 6) is 0.790. The van der Waals surface area contributed by atoms with E-state index in [1.807, 2.05) is 15.9 Å². The zero-order valence-corrected chi connectivity index (χ0v) is 19.6. The Balaban J connectivity index is 1.57. The van der Waals surface area contributed by atoms with E-state index in [4.69, 9.17) is 21.7 Å². The summed E-state index contributed by atoms with van der Waals surface area (Å²) in [6.45, 7) is 4.82. The van der Waals surface area contributed by atoms with Gasteiger partial charge in [0, 0.05) is 31.7 Å². The molecule has 0 saturated carbocycles. The van der Waals surface area contributed by atoms with Gasteiger partial charge in [-0.1, -0.05) is 19.4 Å². The van der Waals surface area contributed by atoms with Crippen molar-refractivity contribution in [2.45, 2.75) is 19.8 Å². The zero-order valence-electron chi connectivity index (χ0n) is 18.8. The first-order valence-electron chi connectivity index (χ1n) is 10.8. The second-order valence-electron chi connectivity index (χ2n) is 7.57. The Bertz CT molecular complexity index is 1010. The summed E-state index contributed by atoms with van der Waals surface area (Å²) in [5.41, 5.74) is 1.01. The maximum Gasteiger partial charge on any atom is 0.296 e. The Hall–Kier alpha value is -3.40. The van der Waals surface area contributed by atoms with Crippen molar-refractivity contribution < 1.29 is 19.2 Å². The van der Waals surface area contributed by atoms with Crippen molar-refractivity contribution in [3.8, 4) is 11.5 Å². The van der Waals surface area contributed by atoms with E-state index in [1.165, 1.54) is 13.2 Å². The van der Waals surface area contributed by atoms with E-state index < -0.39 is 4.92 Å². The van der Waals surface area contributed by atoms with Crippen LogP contribution in [0.1, 0.15) is 30.1 Å². The van der Waals surface area contributed by atoms with Gasteiger partial charge in [-0.25, -0.2) is 0 Å². The van der Waals surface area contributed by atoms with E-state index in [1.54, 1.807) is 30.3 Å². The number of carbonyl (C=O) groups excluding carboxylic acids is 1. The molecule has 0 atom stereocenters. The monoisotopic (exact) mass is 472 g/mol. The van der Waals surface area contributed by atoms with E-state index in [-0.39, 0.29) is 11.6 Å². The second-order valence-corrected chi connectivity index (χ2v) is 7.96. The molecule has 1 aliphatic rings. The van der Waals surface area contributed by atoms with Crippen molar-refractivity contribution >= 4 is 34.6 Å². The minimum Gasteiger partial charge on any atom is -0.496 e. The molecule has 33 heavy (non-hydrogen) atoms. The maximum atomic E-state index is 12.7. The number of nitrogens with zero attached hydrogens (tertiary/aromatic N) is 3. The van der Waals surface area contributed by atoms with Crippen LogP contribution in [0.2, 0.25) is 0 Å². The number of ether oxygens (including phenoxy) is 2. The predicted octanol–water partition coefficient (Wildman–Crippen LogP) is 3.62. The molecule has 1 amide bonds. The Labute approximate surface area is 198 Å². The molecule has 2 aromatic rings. The third kappa shape index (κ3) is 6.32. The normalized spacial score (nSPS) is 13.4. The fourth-order valence-corrected chi connectivity index (χ4v) is 3.78. The van der Waals surface area contributed by atoms with Gasteiger partial charge in [0.05, 0.1) is 24.7 Å². The van der Waals surface area contributed by atoms with Gasteiger partial charge in [0.15, 0.2) is 5.11 Å². The van der Waals surface area contributed by atoms with E-state index in [2.05, 4.69) is 12.2 Å². The molecule has 3 rings (SSSR count). The van der Waals surface area contributed by atoms with Crippen molar-refractivity contribution in [3.05, 3.63) is 58.1 Å². The quantitative estimate of drug-likeness (QED) is 0.269. The summed E-state index contributed by atoms with van der Waals surface area (Å²) < 4.78 is 10.8. The fourth-order valence-electron chi connectivity index (χ4n) is 3.50. The number of nitrogens with one attached hydrogen (secondary N) is 1. The average molecular weight is 473 g/mol. The van der Waals surface area contributed by atoms with Crippen LogP contribution in [0.4, 0.5) is 11.4 Å². The number of amides is 1. The summed E-state index contributed by atoms with van der Waals surface area (Å²) >= 11 is 5.44. The van der Waals surface area contributed by atoms with Crippen LogP contribution < -0.4 is 19.7 Å². The lowest BCUT2D eigenvalue weighted by Gasteiger charge is -2.37. The molecule has 0 unspecified atom stereocenters. The highest BCUT2D eigenvalue weighted by Gasteiger charge is 2.26. The lowest BCUT2D eigenvalue weighted by Crippen LogP contribution is -2.52. The highest BCUT2D eigenvalue weighted by Crippen LogP contribution is 2.32. The molecule has 1 aliphatic heterocycles. The van der Waals surface area contributed by atoms with Gasteiger partial charge < -0.3 is 19.3 Å². The lowest BCUT2D eigenvalue weighted by molar-refractivity contribution is -0.384. The van der Waals surface area contributed by atoms with Crippen molar-refractivity contribution in [3.63, 3.8) is 0 Å². The molecular formula is C23H28N4O5S. The van der Waals surface area contributed by atoms with E-state index in [9.17, 15) is 14.9 Å². The van der Waals surface area contributed by atoms with Crippen LogP contribution >= 0.6 is 12.2 Å². The Morgan fingerprint density at radius 3 is 2.58 bits per heavy atom. The molecule has 1 fully saturated rings. The minimum atomic E-state index is -0.408. The van der Waals surface area contributed by atoms with Crippen LogP contribution in [0.25, 0.3) is 0 Å². The van der Waals surface area contributed by atoms with Crippen LogP contribution in [0, 0.1) is 10.1 Å². The summed E-state index contributed by atoms with van der Waals surface area (Å²) in [6, 6.07) is 11.8. The van der Waals surface area contributed by atoms with Gasteiger partial charge in [-0.15, -0.1) is 0 Å². The molecule has 0 aromatic heterocycles. The summed E-state index contributed by atoms with van der Waals surface area (Å²) in [5, 5.41) is 14.6. The van der Waals surface area contributed by atoms with Crippen LogP contribution in [-0.2, 0) is 0 Å². The van der Waals surface area contributed by atoms with Crippen LogP contribution in [0.5, 0.6) is 11.5 Å². The Kier molecular flexibility index (Phi) is 8.42. The molecule has 1 N–H and O–H groups in total. The number of nitro groups is 1. The average Bonchev–Trinajstić information content (AvgIpc) is 2.84. The molecule has 0 radical (unpaired) electrons. The van der Waals surface area contributed by atoms with Gasteiger partial charge in [-0.3, -0.25) is 20.2 Å². The van der Waals surface area contributed by atoms with E-state index in [0.29, 0.717) is 60.6 Å². The third-order valence-corrected chi connectivity index (χ3v) is 5.73. The molecule has 1 heterocycles. The number of benzene rings is 2. The fraction of sp³-hybridized carbons (Fsp3) is 0.391. The number of rotatable bonds is 8. The van der Waals surface area contributed by atoms with Crippen molar-refractivity contribution in [1.82, 2.24) is 10.2 Å². The SMILES string of the molecule is CCCCOc1cccc(C(=O)NC(=S)N2CCN(c3ccc(OC)cc3[N+](=O)[O-])CC2)c1. The van der Waals surface area contributed by atoms with Crippen molar-refractivity contribution in [2.75, 3.05) is 44.8 Å². The van der Waals surface area contributed by atoms with E-state index in [0.717, 1.165) is 12.8 Å². The number of carbonyl (C=O) groups is 1. The molecule has 10 heteroatoms. The van der Waals surface area contributed by atoms with Gasteiger partial charge in [0.1, 0.15) is 17.2 Å². The molecule has 9 nitrogen and oxygen atoms in total. The summed E-state index contributed by atoms with van der Waals surface area (Å²) in [4.78, 5) is 27.6. The lowest BCUT2D eigenvalue weighted by atomic mass is 10.2. The Morgan fingerprint density at radius 2 is 1.91 bits per heavy atom. The van der Waals surface area contributed by atoms with Gasteiger partial charge in [0.2, 0.25) is 0 Å². The number of unbranched alkanes of at least 4 members (excludes halogenated alkanes) is 1. The highest BCUT2D eigenvalue weighted by molar-refractivity contribution is 7.80. The molecular weight excluding hydrogens is 444 g/mol. The molecule has 0 aliphatic carbocycles. The predicted molar refractivity (Wildman–Crippen MR) is 130 cm³/mol. The number of hydrogen-bond acceptors (Lipinski definition) is 7. The number of anilines is 1. The minimum absolute atomic E-state index is 0.000262. The van der Waals surface area contributed by atoms with Gasteiger partial charge in [-0.2, -0.15) is 0 Å². The van der Waals surface area contributed by atoms with Gasteiger partial charge in [0.25, 0.3) is 11.6 Å². The largest absolute Gasteiger partial charge is 0.496 e. The zero-order chi connectivity index (χ0) is 23.8. The molecule has 176 valence electrons. The topological polar surface area (TPSA) is 97.2 Å². The van der Waals surface area contributed by atoms with Crippen LogP contribution in [0.3, 0.4) is 0 Å². The maximum absolute atomic E-state index is 12.7. The van der Waals surface area contributed by atoms with E-state index >= 15 is 0 Å². The van der Waals surface area contributed by atoms with Gasteiger partial charge >= 0.3 is 0 Å². The first-order valence-corrected chi connectivity index (χ1v) is 11.2. The first-order chi connectivity index (χ1) is 15.9. The highest BCUT2D eigenvalue weighted by atomic mass is 32.1. The molecule has 0 bridgehead atoms. The first kappa shape index (κ1) is 24.2. The molecule has 2 aromatic carbocycles.